The molecule has 0 bridgehead atoms. The summed E-state index contributed by atoms with van der Waals surface area (Å²) in [4.78, 5) is 15.6. The van der Waals surface area contributed by atoms with Gasteiger partial charge in [-0.1, -0.05) is 0 Å². The smallest absolute Gasteiger partial charge is 0.305 e. The molecule has 0 aliphatic carbocycles. The Labute approximate surface area is 123 Å². The van der Waals surface area contributed by atoms with Gasteiger partial charge in [0.1, 0.15) is 11.9 Å². The third-order valence-corrected chi connectivity index (χ3v) is 4.16. The van der Waals surface area contributed by atoms with E-state index in [0.717, 1.165) is 36.3 Å². The van der Waals surface area contributed by atoms with E-state index in [2.05, 4.69) is 26.0 Å². The number of carboxylic acids is 1. The van der Waals surface area contributed by atoms with Gasteiger partial charge >= 0.3 is 5.97 Å². The zero-order chi connectivity index (χ0) is 15.0. The lowest BCUT2D eigenvalue weighted by Gasteiger charge is -2.12. The number of aromatic nitrogens is 2. The molecule has 1 unspecified atom stereocenters. The van der Waals surface area contributed by atoms with Crippen LogP contribution >= 0.6 is 0 Å². The maximum absolute atomic E-state index is 10.9. The van der Waals surface area contributed by atoms with Gasteiger partial charge in [-0.3, -0.25) is 4.79 Å². The topological polar surface area (TPSA) is 64.4 Å². The number of carboxylic acid groups (broad SMARTS) is 1. The fourth-order valence-corrected chi connectivity index (χ4v) is 2.87. The van der Waals surface area contributed by atoms with E-state index in [-0.39, 0.29) is 12.5 Å². The highest BCUT2D eigenvalue weighted by molar-refractivity contribution is 5.78. The molecule has 1 saturated heterocycles. The van der Waals surface area contributed by atoms with Gasteiger partial charge < -0.3 is 14.4 Å². The Hall–Kier alpha value is -1.88. The quantitative estimate of drug-likeness (QED) is 0.939. The van der Waals surface area contributed by atoms with Gasteiger partial charge in [-0.05, 0) is 49.9 Å². The van der Waals surface area contributed by atoms with Gasteiger partial charge in [0.25, 0.3) is 0 Å². The highest BCUT2D eigenvalue weighted by Crippen LogP contribution is 2.31. The van der Waals surface area contributed by atoms with Gasteiger partial charge in [0.2, 0.25) is 0 Å². The number of nitrogens with zero attached hydrogens (tertiary/aromatic N) is 2. The van der Waals surface area contributed by atoms with E-state index in [0.29, 0.717) is 6.54 Å². The molecule has 1 atom stereocenters. The first kappa shape index (κ1) is 14.1. The number of fused-ring (bicyclic) bond motifs is 1. The molecule has 1 aromatic carbocycles. The van der Waals surface area contributed by atoms with Crippen molar-refractivity contribution >= 4 is 17.0 Å². The van der Waals surface area contributed by atoms with E-state index < -0.39 is 5.97 Å². The third-order valence-electron chi connectivity index (χ3n) is 4.16. The van der Waals surface area contributed by atoms with Crippen LogP contribution in [0.3, 0.4) is 0 Å². The van der Waals surface area contributed by atoms with Crippen LogP contribution in [0.4, 0.5) is 0 Å². The molecule has 1 N–H and O–H groups in total. The zero-order valence-corrected chi connectivity index (χ0v) is 12.4. The Balaban J connectivity index is 2.10. The van der Waals surface area contributed by atoms with Crippen LogP contribution in [0.5, 0.6) is 0 Å². The van der Waals surface area contributed by atoms with Gasteiger partial charge in [0.15, 0.2) is 0 Å². The molecular weight excluding hydrogens is 268 g/mol. The van der Waals surface area contributed by atoms with Gasteiger partial charge in [-0.2, -0.15) is 0 Å². The number of benzene rings is 1. The SMILES string of the molecule is Cc1cc2nc(C3CCCO3)n(CCC(=O)O)c2cc1C. The summed E-state index contributed by atoms with van der Waals surface area (Å²) in [5, 5.41) is 8.97. The van der Waals surface area contributed by atoms with Crippen molar-refractivity contribution in [1.29, 1.82) is 0 Å². The summed E-state index contributed by atoms with van der Waals surface area (Å²) < 4.78 is 7.77. The van der Waals surface area contributed by atoms with Gasteiger partial charge in [-0.25, -0.2) is 4.98 Å². The number of hydrogen-bond acceptors (Lipinski definition) is 3. The van der Waals surface area contributed by atoms with Crippen LogP contribution in [0.15, 0.2) is 12.1 Å². The second-order valence-corrected chi connectivity index (χ2v) is 5.69. The zero-order valence-electron chi connectivity index (χ0n) is 12.4. The van der Waals surface area contributed by atoms with Crippen molar-refractivity contribution in [2.45, 2.75) is 45.8 Å². The summed E-state index contributed by atoms with van der Waals surface area (Å²) >= 11 is 0. The van der Waals surface area contributed by atoms with E-state index in [1.165, 1.54) is 11.1 Å². The van der Waals surface area contributed by atoms with Gasteiger partial charge in [0, 0.05) is 13.2 Å². The monoisotopic (exact) mass is 288 g/mol. The Kier molecular flexibility index (Phi) is 3.68. The van der Waals surface area contributed by atoms with E-state index in [1.807, 2.05) is 4.57 Å². The lowest BCUT2D eigenvalue weighted by atomic mass is 10.1. The van der Waals surface area contributed by atoms with Crippen LogP contribution in [-0.4, -0.2) is 27.2 Å². The first-order valence-electron chi connectivity index (χ1n) is 7.37. The standard InChI is InChI=1S/C16H20N2O3/c1-10-8-12-13(9-11(10)2)18(6-5-15(19)20)16(17-12)14-4-3-7-21-14/h8-9,14H,3-7H2,1-2H3,(H,19,20). The molecule has 1 aliphatic rings. The molecule has 112 valence electrons. The predicted octanol–water partition coefficient (Wildman–Crippen LogP) is 2.98. The summed E-state index contributed by atoms with van der Waals surface area (Å²) in [6.45, 7) is 5.32. The number of aryl methyl sites for hydroxylation is 3. The van der Waals surface area contributed by atoms with Crippen LogP contribution in [0, 0.1) is 13.8 Å². The summed E-state index contributed by atoms with van der Waals surface area (Å²) in [7, 11) is 0. The van der Waals surface area contributed by atoms with Crippen molar-refractivity contribution in [3.05, 3.63) is 29.1 Å². The highest BCUT2D eigenvalue weighted by Gasteiger charge is 2.25. The number of aliphatic carboxylic acids is 1. The molecule has 0 saturated carbocycles. The number of hydrogen-bond donors (Lipinski definition) is 1. The maximum atomic E-state index is 10.9. The second-order valence-electron chi connectivity index (χ2n) is 5.69. The molecule has 1 fully saturated rings. The Bertz CT molecular complexity index is 684. The molecule has 1 aromatic heterocycles. The van der Waals surface area contributed by atoms with E-state index >= 15 is 0 Å². The van der Waals surface area contributed by atoms with Crippen molar-refractivity contribution in [2.24, 2.45) is 0 Å². The van der Waals surface area contributed by atoms with Gasteiger partial charge in [-0.15, -0.1) is 0 Å². The summed E-state index contributed by atoms with van der Waals surface area (Å²) in [6, 6.07) is 4.17. The van der Waals surface area contributed by atoms with Crippen LogP contribution in [0.1, 0.15) is 42.3 Å². The molecule has 2 aromatic rings. The van der Waals surface area contributed by atoms with Crippen LogP contribution in [0.25, 0.3) is 11.0 Å². The number of carbonyl (C=O) groups is 1. The Morgan fingerprint density at radius 3 is 2.86 bits per heavy atom. The number of imidazole rings is 1. The molecule has 1 aliphatic heterocycles. The predicted molar refractivity (Wildman–Crippen MR) is 79.4 cm³/mol. The first-order chi connectivity index (χ1) is 10.1. The fraction of sp³-hybridized carbons (Fsp3) is 0.500. The third kappa shape index (κ3) is 2.65. The van der Waals surface area contributed by atoms with Crippen LogP contribution in [0.2, 0.25) is 0 Å². The molecular formula is C16H20N2O3. The minimum atomic E-state index is -0.793. The van der Waals surface area contributed by atoms with Crippen molar-refractivity contribution in [2.75, 3.05) is 6.61 Å². The van der Waals surface area contributed by atoms with Crippen molar-refractivity contribution in [3.8, 4) is 0 Å². The lowest BCUT2D eigenvalue weighted by Crippen LogP contribution is -2.11. The molecule has 0 spiro atoms. The second kappa shape index (κ2) is 5.48. The van der Waals surface area contributed by atoms with Crippen molar-refractivity contribution in [1.82, 2.24) is 9.55 Å². The van der Waals surface area contributed by atoms with Crippen molar-refractivity contribution < 1.29 is 14.6 Å². The summed E-state index contributed by atoms with van der Waals surface area (Å²) in [5.41, 5.74) is 4.32. The molecule has 5 heteroatoms. The number of ether oxygens (including phenoxy) is 1. The molecule has 5 nitrogen and oxygen atoms in total. The molecule has 0 amide bonds. The average molecular weight is 288 g/mol. The van der Waals surface area contributed by atoms with Crippen LogP contribution < -0.4 is 0 Å². The van der Waals surface area contributed by atoms with Gasteiger partial charge in [0.05, 0.1) is 17.5 Å². The minimum Gasteiger partial charge on any atom is -0.481 e. The van der Waals surface area contributed by atoms with E-state index in [1.54, 1.807) is 0 Å². The summed E-state index contributed by atoms with van der Waals surface area (Å²) in [6.07, 6.45) is 2.07. The molecule has 2 heterocycles. The molecule has 21 heavy (non-hydrogen) atoms. The maximum Gasteiger partial charge on any atom is 0.305 e. The Morgan fingerprint density at radius 1 is 1.43 bits per heavy atom. The largest absolute Gasteiger partial charge is 0.481 e. The Morgan fingerprint density at radius 2 is 2.19 bits per heavy atom. The summed E-state index contributed by atoms with van der Waals surface area (Å²) in [5.74, 6) is 0.0766. The molecule has 0 radical (unpaired) electrons. The van der Waals surface area contributed by atoms with Crippen molar-refractivity contribution in [3.63, 3.8) is 0 Å². The molecule has 3 rings (SSSR count). The minimum absolute atomic E-state index is 0.00759. The average Bonchev–Trinajstić information content (AvgIpc) is 3.04. The lowest BCUT2D eigenvalue weighted by molar-refractivity contribution is -0.137. The van der Waals surface area contributed by atoms with E-state index in [9.17, 15) is 4.79 Å². The van der Waals surface area contributed by atoms with E-state index in [4.69, 9.17) is 14.8 Å². The normalized spacial score (nSPS) is 18.5. The van der Waals surface area contributed by atoms with Crippen LogP contribution in [-0.2, 0) is 16.1 Å². The number of rotatable bonds is 4. The fourth-order valence-electron chi connectivity index (χ4n) is 2.87. The highest BCUT2D eigenvalue weighted by atomic mass is 16.5. The first-order valence-corrected chi connectivity index (χ1v) is 7.37.